The summed E-state index contributed by atoms with van der Waals surface area (Å²) in [5, 5.41) is 0. The van der Waals surface area contributed by atoms with Gasteiger partial charge in [-0.2, -0.15) is 0 Å². The van der Waals surface area contributed by atoms with Crippen LogP contribution in [0.1, 0.15) is 29.9 Å². The van der Waals surface area contributed by atoms with Gasteiger partial charge in [-0.1, -0.05) is 36.4 Å². The first kappa shape index (κ1) is 20.9. The Morgan fingerprint density at radius 2 is 1.65 bits per heavy atom. The molecule has 0 fully saturated rings. The molecule has 2 nitrogen and oxygen atoms in total. The standard InChI is InChI=1S/C15H16N2.2CH3.Fe/c1-12-7-6-10-15(17-12)11-16-13(2)14-8-4-3-5-9-14;;;/h3-11,13H,1-2H3;2*1H3;/q;2*-1;+2. The number of rotatable bonds is 3. The zero-order chi connectivity index (χ0) is 12.1. The van der Waals surface area contributed by atoms with Gasteiger partial charge in [-0.05, 0) is 31.5 Å². The molecule has 0 saturated carbocycles. The van der Waals surface area contributed by atoms with Gasteiger partial charge in [0, 0.05) is 11.9 Å². The third-order valence-electron chi connectivity index (χ3n) is 2.62. The summed E-state index contributed by atoms with van der Waals surface area (Å²) in [5.41, 5.74) is 3.14. The van der Waals surface area contributed by atoms with Crippen LogP contribution in [0.25, 0.3) is 0 Å². The van der Waals surface area contributed by atoms with Gasteiger partial charge in [-0.25, -0.2) is 0 Å². The molecule has 0 aliphatic rings. The van der Waals surface area contributed by atoms with E-state index in [1.807, 2.05) is 49.5 Å². The van der Waals surface area contributed by atoms with Gasteiger partial charge < -0.3 is 14.9 Å². The van der Waals surface area contributed by atoms with Crippen molar-refractivity contribution in [2.45, 2.75) is 19.9 Å². The number of pyridine rings is 1. The maximum atomic E-state index is 4.52. The first-order chi connectivity index (χ1) is 8.25. The van der Waals surface area contributed by atoms with Crippen molar-refractivity contribution in [2.75, 3.05) is 0 Å². The van der Waals surface area contributed by atoms with E-state index in [0.717, 1.165) is 11.4 Å². The fourth-order valence-electron chi connectivity index (χ4n) is 1.64. The Labute approximate surface area is 133 Å². The van der Waals surface area contributed by atoms with Crippen molar-refractivity contribution in [1.82, 2.24) is 4.98 Å². The van der Waals surface area contributed by atoms with Crippen LogP contribution in [0.4, 0.5) is 0 Å². The topological polar surface area (TPSA) is 25.2 Å². The van der Waals surface area contributed by atoms with Gasteiger partial charge in [0.2, 0.25) is 0 Å². The van der Waals surface area contributed by atoms with Crippen LogP contribution in [-0.2, 0) is 17.1 Å². The molecule has 1 heterocycles. The molecule has 2 aromatic rings. The zero-order valence-corrected chi connectivity index (χ0v) is 13.6. The molecule has 0 amide bonds. The molecule has 2 rings (SSSR count). The number of aromatic nitrogens is 1. The van der Waals surface area contributed by atoms with Crippen molar-refractivity contribution < 1.29 is 17.1 Å². The van der Waals surface area contributed by atoms with Crippen molar-refractivity contribution in [1.29, 1.82) is 0 Å². The van der Waals surface area contributed by atoms with Crippen LogP contribution < -0.4 is 0 Å². The minimum atomic E-state index is 0. The average Bonchev–Trinajstić information content (AvgIpc) is 2.37. The number of hydrogen-bond donors (Lipinski definition) is 0. The molecule has 20 heavy (non-hydrogen) atoms. The maximum Gasteiger partial charge on any atom is 2.00 e. The molecule has 0 bridgehead atoms. The fourth-order valence-corrected chi connectivity index (χ4v) is 1.64. The van der Waals surface area contributed by atoms with E-state index in [4.69, 9.17) is 0 Å². The van der Waals surface area contributed by atoms with E-state index in [9.17, 15) is 0 Å². The van der Waals surface area contributed by atoms with Crippen LogP contribution >= 0.6 is 0 Å². The molecular weight excluding hydrogens is 288 g/mol. The monoisotopic (exact) mass is 310 g/mol. The second kappa shape index (κ2) is 10.4. The van der Waals surface area contributed by atoms with Gasteiger partial charge in [0.1, 0.15) is 0 Å². The molecule has 0 N–H and O–H groups in total. The molecule has 0 radical (unpaired) electrons. The van der Waals surface area contributed by atoms with Gasteiger partial charge in [-0.15, -0.1) is 0 Å². The summed E-state index contributed by atoms with van der Waals surface area (Å²) in [6.07, 6.45) is 1.84. The maximum absolute atomic E-state index is 4.52. The van der Waals surface area contributed by atoms with E-state index >= 15 is 0 Å². The van der Waals surface area contributed by atoms with Gasteiger partial charge in [0.15, 0.2) is 0 Å². The Hall–Kier alpha value is -1.44. The zero-order valence-electron chi connectivity index (χ0n) is 12.5. The first-order valence-electron chi connectivity index (χ1n) is 5.77. The van der Waals surface area contributed by atoms with Crippen LogP contribution in [0.2, 0.25) is 0 Å². The molecule has 1 unspecified atom stereocenters. The third-order valence-corrected chi connectivity index (χ3v) is 2.62. The van der Waals surface area contributed by atoms with Crippen molar-refractivity contribution in [3.05, 3.63) is 80.3 Å². The molecular formula is C17H22FeN2. The van der Waals surface area contributed by atoms with E-state index in [-0.39, 0.29) is 38.0 Å². The second-order valence-electron chi connectivity index (χ2n) is 4.07. The summed E-state index contributed by atoms with van der Waals surface area (Å²) in [7, 11) is 0. The quantitative estimate of drug-likeness (QED) is 0.466. The number of aryl methyl sites for hydroxylation is 1. The Bertz CT molecular complexity index is 509. The van der Waals surface area contributed by atoms with Crippen LogP contribution in [0.3, 0.4) is 0 Å². The molecule has 1 aromatic heterocycles. The minimum absolute atomic E-state index is 0. The summed E-state index contributed by atoms with van der Waals surface area (Å²) < 4.78 is 0. The Morgan fingerprint density at radius 1 is 1.00 bits per heavy atom. The summed E-state index contributed by atoms with van der Waals surface area (Å²) in [6, 6.07) is 16.4. The molecule has 3 heteroatoms. The molecule has 1 atom stereocenters. The SMILES string of the molecule is Cc1cccc(C=NC(C)c2ccccc2)n1.[CH3-].[CH3-].[Fe+2]. The van der Waals surface area contributed by atoms with E-state index in [1.165, 1.54) is 5.56 Å². The molecule has 0 spiro atoms. The van der Waals surface area contributed by atoms with Crippen LogP contribution in [0.15, 0.2) is 53.5 Å². The van der Waals surface area contributed by atoms with Gasteiger partial charge in [0.25, 0.3) is 0 Å². The second-order valence-corrected chi connectivity index (χ2v) is 4.07. The Balaban J connectivity index is 0. The normalized spacial score (nSPS) is 10.9. The van der Waals surface area contributed by atoms with Crippen LogP contribution in [0.5, 0.6) is 0 Å². The van der Waals surface area contributed by atoms with E-state index < -0.39 is 0 Å². The summed E-state index contributed by atoms with van der Waals surface area (Å²) in [5.74, 6) is 0. The molecule has 0 aliphatic heterocycles. The van der Waals surface area contributed by atoms with Gasteiger partial charge >= 0.3 is 17.1 Å². The van der Waals surface area contributed by atoms with Crippen molar-refractivity contribution in [3.63, 3.8) is 0 Å². The largest absolute Gasteiger partial charge is 2.00 e. The number of benzene rings is 1. The summed E-state index contributed by atoms with van der Waals surface area (Å²) >= 11 is 0. The van der Waals surface area contributed by atoms with Gasteiger partial charge in [0.05, 0.1) is 11.7 Å². The number of hydrogen-bond acceptors (Lipinski definition) is 2. The van der Waals surface area contributed by atoms with Gasteiger partial charge in [-0.3, -0.25) is 9.98 Å². The predicted molar refractivity (Wildman–Crippen MR) is 84.3 cm³/mol. The Kier molecular flexibility index (Phi) is 10.8. The predicted octanol–water partition coefficient (Wildman–Crippen LogP) is 4.47. The van der Waals surface area contributed by atoms with Crippen LogP contribution in [0, 0.1) is 21.8 Å². The summed E-state index contributed by atoms with van der Waals surface area (Å²) in [6.45, 7) is 4.07. The minimum Gasteiger partial charge on any atom is -0.358 e. The summed E-state index contributed by atoms with van der Waals surface area (Å²) in [4.78, 5) is 8.91. The fraction of sp³-hybridized carbons (Fsp3) is 0.176. The van der Waals surface area contributed by atoms with Crippen molar-refractivity contribution in [3.8, 4) is 0 Å². The van der Waals surface area contributed by atoms with Crippen molar-refractivity contribution >= 4 is 6.21 Å². The smallest absolute Gasteiger partial charge is 0.358 e. The number of aliphatic imine (C=N–C) groups is 1. The van der Waals surface area contributed by atoms with Crippen LogP contribution in [-0.4, -0.2) is 11.2 Å². The molecule has 108 valence electrons. The van der Waals surface area contributed by atoms with Crippen molar-refractivity contribution in [2.24, 2.45) is 4.99 Å². The molecule has 0 saturated heterocycles. The average molecular weight is 310 g/mol. The Morgan fingerprint density at radius 3 is 2.25 bits per heavy atom. The van der Waals surface area contributed by atoms with E-state index in [2.05, 4.69) is 29.0 Å². The van der Waals surface area contributed by atoms with E-state index in [0.29, 0.717) is 0 Å². The molecule has 1 aromatic carbocycles. The third kappa shape index (κ3) is 6.14. The van der Waals surface area contributed by atoms with E-state index in [1.54, 1.807) is 0 Å². The first-order valence-corrected chi connectivity index (χ1v) is 5.77. The number of nitrogens with zero attached hydrogens (tertiary/aromatic N) is 2. The molecule has 0 aliphatic carbocycles.